The van der Waals surface area contributed by atoms with E-state index in [0.29, 0.717) is 42.5 Å². The highest BCUT2D eigenvalue weighted by atomic mass is 16.5. The molecule has 2 aliphatic rings. The minimum absolute atomic E-state index is 0.00730. The Kier molecular flexibility index (Phi) is 6.69. The lowest BCUT2D eigenvalue weighted by molar-refractivity contribution is -0.118. The van der Waals surface area contributed by atoms with Crippen molar-refractivity contribution in [2.45, 2.75) is 12.5 Å². The Balaban J connectivity index is 1.44. The fraction of sp³-hybridized carbons (Fsp3) is 0.391. The van der Waals surface area contributed by atoms with Crippen molar-refractivity contribution >= 4 is 17.5 Å². The van der Waals surface area contributed by atoms with Crippen LogP contribution in [0.4, 0.5) is 5.69 Å². The normalized spacial score (nSPS) is 18.7. The van der Waals surface area contributed by atoms with Gasteiger partial charge in [0.25, 0.3) is 5.91 Å². The van der Waals surface area contributed by atoms with Gasteiger partial charge >= 0.3 is 0 Å². The number of nitrogens with zero attached hydrogens (tertiary/aromatic N) is 1. The monoisotopic (exact) mass is 424 g/mol. The van der Waals surface area contributed by atoms with Crippen LogP contribution >= 0.6 is 0 Å². The van der Waals surface area contributed by atoms with Gasteiger partial charge in [0.1, 0.15) is 0 Å². The average molecular weight is 425 g/mol. The van der Waals surface area contributed by atoms with Gasteiger partial charge in [-0.3, -0.25) is 14.5 Å². The minimum atomic E-state index is -0.121. The molecule has 2 aromatic carbocycles. The van der Waals surface area contributed by atoms with Crippen LogP contribution in [-0.4, -0.2) is 63.2 Å². The highest BCUT2D eigenvalue weighted by Crippen LogP contribution is 2.32. The molecule has 0 radical (unpaired) electrons. The number of nitrogens with one attached hydrogen (secondary N) is 3. The third-order valence-electron chi connectivity index (χ3n) is 5.49. The molecule has 0 aromatic heterocycles. The van der Waals surface area contributed by atoms with Gasteiger partial charge in [-0.05, 0) is 29.8 Å². The van der Waals surface area contributed by atoms with Crippen molar-refractivity contribution in [3.05, 3.63) is 53.6 Å². The Bertz CT molecular complexity index is 949. The number of anilines is 1. The molecule has 164 valence electrons. The molecule has 8 nitrogen and oxygen atoms in total. The Morgan fingerprint density at radius 3 is 2.81 bits per heavy atom. The standard InChI is InChI=1S/C23H28N4O4/c1-24-23(29)17-5-2-4-16(12-17)19-14-25-8-9-27(19)15-22(28)26-18-6-7-20-21(13-18)31-11-3-10-30-20/h2,4-7,12-13,19,25H,3,8-11,14-15H2,1H3,(H,24,29)(H,26,28). The summed E-state index contributed by atoms with van der Waals surface area (Å²) in [6.45, 7) is 3.75. The molecule has 0 saturated carbocycles. The molecule has 3 N–H and O–H groups in total. The van der Waals surface area contributed by atoms with Crippen molar-refractivity contribution in [3.63, 3.8) is 0 Å². The van der Waals surface area contributed by atoms with Crippen LogP contribution in [0.3, 0.4) is 0 Å². The second-order valence-corrected chi connectivity index (χ2v) is 7.66. The third kappa shape index (κ3) is 5.15. The Morgan fingerprint density at radius 2 is 1.97 bits per heavy atom. The first kappa shape index (κ1) is 21.1. The summed E-state index contributed by atoms with van der Waals surface area (Å²) in [6, 6.07) is 13.0. The molecule has 8 heteroatoms. The molecule has 1 fully saturated rings. The molecule has 2 amide bonds. The molecule has 0 spiro atoms. The van der Waals surface area contributed by atoms with E-state index in [0.717, 1.165) is 25.1 Å². The van der Waals surface area contributed by atoms with Crippen LogP contribution < -0.4 is 25.4 Å². The first-order valence-corrected chi connectivity index (χ1v) is 10.6. The molecule has 31 heavy (non-hydrogen) atoms. The van der Waals surface area contributed by atoms with E-state index >= 15 is 0 Å². The number of ether oxygens (including phenoxy) is 2. The third-order valence-corrected chi connectivity index (χ3v) is 5.49. The fourth-order valence-electron chi connectivity index (χ4n) is 3.92. The van der Waals surface area contributed by atoms with Crippen LogP contribution in [0.25, 0.3) is 0 Å². The second kappa shape index (κ2) is 9.80. The number of hydrogen-bond acceptors (Lipinski definition) is 6. The molecule has 2 aromatic rings. The first-order valence-electron chi connectivity index (χ1n) is 10.6. The van der Waals surface area contributed by atoms with E-state index in [1.54, 1.807) is 19.2 Å². The molecule has 1 atom stereocenters. The van der Waals surface area contributed by atoms with Crippen LogP contribution in [0.2, 0.25) is 0 Å². The molecular weight excluding hydrogens is 396 g/mol. The maximum Gasteiger partial charge on any atom is 0.251 e. The number of piperazine rings is 1. The lowest BCUT2D eigenvalue weighted by atomic mass is 10.0. The van der Waals surface area contributed by atoms with Gasteiger partial charge in [-0.25, -0.2) is 0 Å². The SMILES string of the molecule is CNC(=O)c1cccc(C2CNCCN2CC(=O)Nc2ccc3c(c2)OCCCO3)c1. The topological polar surface area (TPSA) is 91.9 Å². The summed E-state index contributed by atoms with van der Waals surface area (Å²) in [5, 5.41) is 9.01. The molecule has 2 aliphatic heterocycles. The van der Waals surface area contributed by atoms with E-state index < -0.39 is 0 Å². The number of carbonyl (C=O) groups excluding carboxylic acids is 2. The number of benzene rings is 2. The Hall–Kier alpha value is -3.10. The molecule has 1 saturated heterocycles. The molecule has 1 unspecified atom stereocenters. The van der Waals surface area contributed by atoms with Crippen LogP contribution in [0.5, 0.6) is 11.5 Å². The van der Waals surface area contributed by atoms with Crippen LogP contribution in [-0.2, 0) is 4.79 Å². The summed E-state index contributed by atoms with van der Waals surface area (Å²) >= 11 is 0. The van der Waals surface area contributed by atoms with Crippen LogP contribution in [0, 0.1) is 0 Å². The van der Waals surface area contributed by atoms with Crippen molar-refractivity contribution in [1.29, 1.82) is 0 Å². The van der Waals surface area contributed by atoms with Gasteiger partial charge in [-0.1, -0.05) is 12.1 Å². The fourth-order valence-corrected chi connectivity index (χ4v) is 3.92. The van der Waals surface area contributed by atoms with Crippen molar-refractivity contribution in [3.8, 4) is 11.5 Å². The maximum absolute atomic E-state index is 12.8. The van der Waals surface area contributed by atoms with Crippen LogP contribution in [0.1, 0.15) is 28.4 Å². The minimum Gasteiger partial charge on any atom is -0.490 e. The van der Waals surface area contributed by atoms with E-state index in [9.17, 15) is 9.59 Å². The molecule has 4 rings (SSSR count). The van der Waals surface area contributed by atoms with E-state index in [-0.39, 0.29) is 24.4 Å². The predicted molar refractivity (Wildman–Crippen MR) is 118 cm³/mol. The van der Waals surface area contributed by atoms with Gasteiger partial charge in [0.05, 0.1) is 19.8 Å². The zero-order valence-electron chi connectivity index (χ0n) is 17.6. The zero-order valence-corrected chi connectivity index (χ0v) is 17.6. The smallest absolute Gasteiger partial charge is 0.251 e. The first-order chi connectivity index (χ1) is 15.1. The molecule has 0 aliphatic carbocycles. The number of amides is 2. The largest absolute Gasteiger partial charge is 0.490 e. The highest BCUT2D eigenvalue weighted by Gasteiger charge is 2.26. The summed E-state index contributed by atoms with van der Waals surface area (Å²) in [7, 11) is 1.62. The van der Waals surface area contributed by atoms with Gasteiger partial charge in [0, 0.05) is 56.5 Å². The molecular formula is C23H28N4O4. The van der Waals surface area contributed by atoms with Gasteiger partial charge in [0.15, 0.2) is 11.5 Å². The lowest BCUT2D eigenvalue weighted by Crippen LogP contribution is -2.48. The van der Waals surface area contributed by atoms with E-state index in [1.807, 2.05) is 30.3 Å². The number of carbonyl (C=O) groups is 2. The quantitative estimate of drug-likeness (QED) is 0.678. The van der Waals surface area contributed by atoms with Gasteiger partial charge < -0.3 is 25.4 Å². The zero-order chi connectivity index (χ0) is 21.6. The van der Waals surface area contributed by atoms with E-state index in [4.69, 9.17) is 9.47 Å². The Labute approximate surface area is 181 Å². The predicted octanol–water partition coefficient (Wildman–Crippen LogP) is 1.79. The summed E-state index contributed by atoms with van der Waals surface area (Å²) in [6.07, 6.45) is 0.835. The number of fused-ring (bicyclic) bond motifs is 1. The lowest BCUT2D eigenvalue weighted by Gasteiger charge is -2.36. The van der Waals surface area contributed by atoms with Crippen LogP contribution in [0.15, 0.2) is 42.5 Å². The number of rotatable bonds is 5. The highest BCUT2D eigenvalue weighted by molar-refractivity contribution is 5.94. The van der Waals surface area contributed by atoms with Gasteiger partial charge in [0.2, 0.25) is 5.91 Å². The molecule has 2 heterocycles. The summed E-state index contributed by atoms with van der Waals surface area (Å²) in [5.74, 6) is 1.14. The van der Waals surface area contributed by atoms with Crippen molar-refractivity contribution in [2.75, 3.05) is 51.8 Å². The van der Waals surface area contributed by atoms with Crippen molar-refractivity contribution in [1.82, 2.24) is 15.5 Å². The van der Waals surface area contributed by atoms with Gasteiger partial charge in [-0.2, -0.15) is 0 Å². The Morgan fingerprint density at radius 1 is 1.13 bits per heavy atom. The van der Waals surface area contributed by atoms with Crippen molar-refractivity contribution in [2.24, 2.45) is 0 Å². The molecule has 0 bridgehead atoms. The maximum atomic E-state index is 12.8. The summed E-state index contributed by atoms with van der Waals surface area (Å²) in [4.78, 5) is 27.0. The second-order valence-electron chi connectivity index (χ2n) is 7.66. The summed E-state index contributed by atoms with van der Waals surface area (Å²) in [5.41, 5.74) is 2.31. The van der Waals surface area contributed by atoms with Crippen molar-refractivity contribution < 1.29 is 19.1 Å². The van der Waals surface area contributed by atoms with E-state index in [1.165, 1.54) is 0 Å². The summed E-state index contributed by atoms with van der Waals surface area (Å²) < 4.78 is 11.4. The van der Waals surface area contributed by atoms with Gasteiger partial charge in [-0.15, -0.1) is 0 Å². The average Bonchev–Trinajstić information content (AvgIpc) is 3.04. The number of hydrogen-bond donors (Lipinski definition) is 3. The van der Waals surface area contributed by atoms with E-state index in [2.05, 4.69) is 20.9 Å².